The SMILES string of the molecule is CC(=O)Nc1cccc(C(=O)N(CCO)Cc2ccccc2)c1. The number of amides is 2. The van der Waals surface area contributed by atoms with Crippen LogP contribution in [0.3, 0.4) is 0 Å². The number of aliphatic hydroxyl groups is 1. The summed E-state index contributed by atoms with van der Waals surface area (Å²) in [7, 11) is 0. The normalized spacial score (nSPS) is 10.2. The van der Waals surface area contributed by atoms with E-state index in [9.17, 15) is 14.7 Å². The highest BCUT2D eigenvalue weighted by Gasteiger charge is 2.16. The van der Waals surface area contributed by atoms with Gasteiger partial charge in [-0.3, -0.25) is 9.59 Å². The summed E-state index contributed by atoms with van der Waals surface area (Å²) in [5.74, 6) is -0.374. The summed E-state index contributed by atoms with van der Waals surface area (Å²) in [5, 5.41) is 11.9. The lowest BCUT2D eigenvalue weighted by Gasteiger charge is -2.22. The van der Waals surface area contributed by atoms with Gasteiger partial charge in [0.2, 0.25) is 5.91 Å². The highest BCUT2D eigenvalue weighted by molar-refractivity contribution is 5.96. The highest BCUT2D eigenvalue weighted by atomic mass is 16.3. The number of benzene rings is 2. The average Bonchev–Trinajstić information content (AvgIpc) is 2.54. The Morgan fingerprint density at radius 3 is 2.48 bits per heavy atom. The Hall–Kier alpha value is -2.66. The van der Waals surface area contributed by atoms with Crippen LogP contribution in [0.1, 0.15) is 22.8 Å². The van der Waals surface area contributed by atoms with Crippen molar-refractivity contribution in [2.75, 3.05) is 18.5 Å². The van der Waals surface area contributed by atoms with E-state index in [-0.39, 0.29) is 25.0 Å². The van der Waals surface area contributed by atoms with Crippen LogP contribution in [-0.4, -0.2) is 35.0 Å². The maximum Gasteiger partial charge on any atom is 0.254 e. The standard InChI is InChI=1S/C18H20N2O3/c1-14(22)19-17-9-5-8-16(12-17)18(23)20(10-11-21)13-15-6-3-2-4-7-15/h2-9,12,21H,10-11,13H2,1H3,(H,19,22). The fourth-order valence-corrected chi connectivity index (χ4v) is 2.29. The largest absolute Gasteiger partial charge is 0.395 e. The molecule has 0 bridgehead atoms. The molecule has 0 aliphatic rings. The minimum absolute atomic E-state index is 0.107. The minimum Gasteiger partial charge on any atom is -0.395 e. The third-order valence-electron chi connectivity index (χ3n) is 3.30. The first-order valence-corrected chi connectivity index (χ1v) is 7.42. The number of carbonyl (C=O) groups excluding carboxylic acids is 2. The van der Waals surface area contributed by atoms with Crippen LogP contribution in [0, 0.1) is 0 Å². The molecule has 0 radical (unpaired) electrons. The molecular formula is C18H20N2O3. The summed E-state index contributed by atoms with van der Waals surface area (Å²) in [6.07, 6.45) is 0. The van der Waals surface area contributed by atoms with Crippen molar-refractivity contribution in [2.24, 2.45) is 0 Å². The minimum atomic E-state index is -0.189. The van der Waals surface area contributed by atoms with Crippen molar-refractivity contribution in [3.63, 3.8) is 0 Å². The van der Waals surface area contributed by atoms with Crippen LogP contribution in [0.25, 0.3) is 0 Å². The predicted octanol–water partition coefficient (Wildman–Crippen LogP) is 2.28. The van der Waals surface area contributed by atoms with E-state index in [1.165, 1.54) is 6.92 Å². The third kappa shape index (κ3) is 4.93. The van der Waals surface area contributed by atoms with E-state index < -0.39 is 0 Å². The second-order valence-electron chi connectivity index (χ2n) is 5.20. The Kier molecular flexibility index (Phi) is 5.88. The average molecular weight is 312 g/mol. The Balaban J connectivity index is 2.18. The van der Waals surface area contributed by atoms with E-state index in [1.54, 1.807) is 29.2 Å². The molecule has 0 aliphatic carbocycles. The quantitative estimate of drug-likeness (QED) is 0.860. The van der Waals surface area contributed by atoms with Crippen molar-refractivity contribution in [3.8, 4) is 0 Å². The molecule has 0 atom stereocenters. The second-order valence-corrected chi connectivity index (χ2v) is 5.20. The first-order chi connectivity index (χ1) is 11.1. The van der Waals surface area contributed by atoms with Gasteiger partial charge in [-0.05, 0) is 23.8 Å². The molecule has 23 heavy (non-hydrogen) atoms. The lowest BCUT2D eigenvalue weighted by atomic mass is 10.1. The molecule has 0 heterocycles. The van der Waals surface area contributed by atoms with Crippen LogP contribution in [-0.2, 0) is 11.3 Å². The van der Waals surface area contributed by atoms with Gasteiger partial charge in [-0.15, -0.1) is 0 Å². The number of carbonyl (C=O) groups is 2. The molecule has 2 aromatic rings. The van der Waals surface area contributed by atoms with Gasteiger partial charge in [-0.1, -0.05) is 36.4 Å². The number of nitrogens with zero attached hydrogens (tertiary/aromatic N) is 1. The van der Waals surface area contributed by atoms with E-state index in [4.69, 9.17) is 0 Å². The molecule has 0 saturated heterocycles. The predicted molar refractivity (Wildman–Crippen MR) is 89.0 cm³/mol. The highest BCUT2D eigenvalue weighted by Crippen LogP contribution is 2.14. The zero-order valence-corrected chi connectivity index (χ0v) is 13.0. The zero-order valence-electron chi connectivity index (χ0n) is 13.0. The van der Waals surface area contributed by atoms with Gasteiger partial charge in [0.05, 0.1) is 6.61 Å². The topological polar surface area (TPSA) is 69.6 Å². The zero-order chi connectivity index (χ0) is 16.7. The monoisotopic (exact) mass is 312 g/mol. The molecule has 5 nitrogen and oxygen atoms in total. The molecule has 5 heteroatoms. The molecule has 120 valence electrons. The van der Waals surface area contributed by atoms with Gasteiger partial charge in [-0.25, -0.2) is 0 Å². The number of rotatable bonds is 6. The Morgan fingerprint density at radius 1 is 1.09 bits per heavy atom. The summed E-state index contributed by atoms with van der Waals surface area (Å²) in [5.41, 5.74) is 2.04. The summed E-state index contributed by atoms with van der Waals surface area (Å²) >= 11 is 0. The van der Waals surface area contributed by atoms with Crippen LogP contribution in [0.5, 0.6) is 0 Å². The molecule has 2 rings (SSSR count). The first kappa shape index (κ1) is 16.7. The number of hydrogen-bond acceptors (Lipinski definition) is 3. The fourth-order valence-electron chi connectivity index (χ4n) is 2.29. The summed E-state index contributed by atoms with van der Waals surface area (Å²) < 4.78 is 0. The fraction of sp³-hybridized carbons (Fsp3) is 0.222. The summed E-state index contributed by atoms with van der Waals surface area (Å²) in [6.45, 7) is 1.98. The van der Waals surface area contributed by atoms with Gasteiger partial charge in [0.15, 0.2) is 0 Å². The van der Waals surface area contributed by atoms with E-state index in [1.807, 2.05) is 30.3 Å². The van der Waals surface area contributed by atoms with Crippen LogP contribution >= 0.6 is 0 Å². The molecule has 0 aromatic heterocycles. The Labute approximate surface area is 135 Å². The third-order valence-corrected chi connectivity index (χ3v) is 3.30. The molecule has 0 aliphatic heterocycles. The smallest absolute Gasteiger partial charge is 0.254 e. The van der Waals surface area contributed by atoms with Gasteiger partial charge in [0.25, 0.3) is 5.91 Å². The van der Waals surface area contributed by atoms with Crippen LogP contribution in [0.15, 0.2) is 54.6 Å². The maximum atomic E-state index is 12.7. The van der Waals surface area contributed by atoms with Crippen LogP contribution < -0.4 is 5.32 Å². The lowest BCUT2D eigenvalue weighted by molar-refractivity contribution is -0.114. The van der Waals surface area contributed by atoms with Crippen LogP contribution in [0.4, 0.5) is 5.69 Å². The molecule has 0 saturated carbocycles. The Bertz CT molecular complexity index is 671. The summed E-state index contributed by atoms with van der Waals surface area (Å²) in [6, 6.07) is 16.4. The number of aliphatic hydroxyl groups excluding tert-OH is 1. The molecule has 2 aromatic carbocycles. The molecule has 0 fully saturated rings. The van der Waals surface area contributed by atoms with Crippen molar-refractivity contribution in [2.45, 2.75) is 13.5 Å². The van der Waals surface area contributed by atoms with E-state index in [0.717, 1.165) is 5.56 Å². The van der Waals surface area contributed by atoms with Gasteiger partial charge in [0.1, 0.15) is 0 Å². The van der Waals surface area contributed by atoms with E-state index in [0.29, 0.717) is 17.8 Å². The molecule has 2 N–H and O–H groups in total. The van der Waals surface area contributed by atoms with Gasteiger partial charge >= 0.3 is 0 Å². The van der Waals surface area contributed by atoms with Crippen molar-refractivity contribution in [1.29, 1.82) is 0 Å². The van der Waals surface area contributed by atoms with Gasteiger partial charge in [0, 0.05) is 31.3 Å². The maximum absolute atomic E-state index is 12.7. The number of anilines is 1. The van der Waals surface area contributed by atoms with Gasteiger partial charge < -0.3 is 15.3 Å². The van der Waals surface area contributed by atoms with Gasteiger partial charge in [-0.2, -0.15) is 0 Å². The van der Waals surface area contributed by atoms with Crippen molar-refractivity contribution in [3.05, 3.63) is 65.7 Å². The molecule has 0 spiro atoms. The van der Waals surface area contributed by atoms with E-state index in [2.05, 4.69) is 5.32 Å². The first-order valence-electron chi connectivity index (χ1n) is 7.42. The molecular weight excluding hydrogens is 292 g/mol. The molecule has 0 unspecified atom stereocenters. The molecule has 2 amide bonds. The second kappa shape index (κ2) is 8.10. The van der Waals surface area contributed by atoms with Crippen molar-refractivity contribution in [1.82, 2.24) is 4.90 Å². The van der Waals surface area contributed by atoms with Crippen LogP contribution in [0.2, 0.25) is 0 Å². The number of hydrogen-bond donors (Lipinski definition) is 2. The van der Waals surface area contributed by atoms with Crippen molar-refractivity contribution >= 4 is 17.5 Å². The summed E-state index contributed by atoms with van der Waals surface area (Å²) in [4.78, 5) is 25.4. The van der Waals surface area contributed by atoms with Crippen molar-refractivity contribution < 1.29 is 14.7 Å². The van der Waals surface area contributed by atoms with E-state index >= 15 is 0 Å². The lowest BCUT2D eigenvalue weighted by Crippen LogP contribution is -2.33. The number of nitrogens with one attached hydrogen (secondary N) is 1. The Morgan fingerprint density at radius 2 is 1.83 bits per heavy atom.